The van der Waals surface area contributed by atoms with Crippen LogP contribution in [0.15, 0.2) is 48.5 Å². The van der Waals surface area contributed by atoms with Crippen molar-refractivity contribution in [2.24, 2.45) is 0 Å². The number of nitrogens with one attached hydrogen (secondary N) is 1. The SMILES string of the molecule is CCOc1ccc(C(=O)NCc2ccccc2CS(=O)(=O)N2CCOCC2)cc1. The highest BCUT2D eigenvalue weighted by Crippen LogP contribution is 2.17. The van der Waals surface area contributed by atoms with Crippen molar-refractivity contribution in [1.29, 1.82) is 0 Å². The molecule has 7 nitrogen and oxygen atoms in total. The highest BCUT2D eigenvalue weighted by Gasteiger charge is 2.25. The van der Waals surface area contributed by atoms with Crippen LogP contribution in [0.4, 0.5) is 0 Å². The van der Waals surface area contributed by atoms with Crippen LogP contribution in [0.5, 0.6) is 5.75 Å². The molecule has 1 aliphatic rings. The molecule has 0 saturated carbocycles. The Labute approximate surface area is 171 Å². The second kappa shape index (κ2) is 9.87. The van der Waals surface area contributed by atoms with Crippen molar-refractivity contribution >= 4 is 15.9 Å². The van der Waals surface area contributed by atoms with E-state index in [1.54, 1.807) is 30.3 Å². The van der Waals surface area contributed by atoms with Crippen LogP contribution in [0, 0.1) is 0 Å². The summed E-state index contributed by atoms with van der Waals surface area (Å²) >= 11 is 0. The number of amides is 1. The summed E-state index contributed by atoms with van der Waals surface area (Å²) < 4.78 is 37.5. The number of nitrogens with zero attached hydrogens (tertiary/aromatic N) is 1. The Morgan fingerprint density at radius 2 is 1.72 bits per heavy atom. The van der Waals surface area contributed by atoms with Gasteiger partial charge in [-0.1, -0.05) is 24.3 Å². The summed E-state index contributed by atoms with van der Waals surface area (Å²) in [6.45, 7) is 4.30. The van der Waals surface area contributed by atoms with E-state index < -0.39 is 10.0 Å². The first kappa shape index (κ1) is 21.3. The lowest BCUT2D eigenvalue weighted by Crippen LogP contribution is -2.41. The molecule has 0 bridgehead atoms. The summed E-state index contributed by atoms with van der Waals surface area (Å²) in [4.78, 5) is 12.4. The number of rotatable bonds is 8. The Morgan fingerprint density at radius 3 is 2.38 bits per heavy atom. The number of ether oxygens (including phenoxy) is 2. The fourth-order valence-corrected chi connectivity index (χ4v) is 4.69. The molecule has 0 aromatic heterocycles. The molecule has 0 radical (unpaired) electrons. The van der Waals surface area contributed by atoms with E-state index in [2.05, 4.69) is 5.32 Å². The molecule has 0 aliphatic carbocycles. The summed E-state index contributed by atoms with van der Waals surface area (Å²) in [5.74, 6) is 0.392. The molecule has 1 N–H and O–H groups in total. The molecule has 1 heterocycles. The Morgan fingerprint density at radius 1 is 1.07 bits per heavy atom. The second-order valence-corrected chi connectivity index (χ2v) is 8.65. The number of hydrogen-bond acceptors (Lipinski definition) is 5. The first-order chi connectivity index (χ1) is 14.0. The van der Waals surface area contributed by atoms with Crippen LogP contribution < -0.4 is 10.1 Å². The van der Waals surface area contributed by atoms with Crippen molar-refractivity contribution in [3.8, 4) is 5.75 Å². The Kier molecular flexibility index (Phi) is 7.24. The lowest BCUT2D eigenvalue weighted by molar-refractivity contribution is 0.0729. The molecular weight excluding hydrogens is 392 g/mol. The van der Waals surface area contributed by atoms with Gasteiger partial charge in [-0.15, -0.1) is 0 Å². The molecule has 1 amide bonds. The third-order valence-electron chi connectivity index (χ3n) is 4.69. The van der Waals surface area contributed by atoms with Crippen molar-refractivity contribution in [2.75, 3.05) is 32.9 Å². The number of carbonyl (C=O) groups is 1. The topological polar surface area (TPSA) is 84.9 Å². The van der Waals surface area contributed by atoms with Crippen LogP contribution >= 0.6 is 0 Å². The Bertz CT molecular complexity index is 922. The fraction of sp³-hybridized carbons (Fsp3) is 0.381. The van der Waals surface area contributed by atoms with Crippen LogP contribution in [0.25, 0.3) is 0 Å². The molecule has 1 aliphatic heterocycles. The van der Waals surface area contributed by atoms with Crippen LogP contribution in [0.3, 0.4) is 0 Å². The van der Waals surface area contributed by atoms with E-state index in [9.17, 15) is 13.2 Å². The van der Waals surface area contributed by atoms with Gasteiger partial charge in [0, 0.05) is 25.2 Å². The maximum absolute atomic E-state index is 12.7. The van der Waals surface area contributed by atoms with Crippen LogP contribution in [0.2, 0.25) is 0 Å². The Hall–Kier alpha value is -2.42. The molecule has 8 heteroatoms. The quantitative estimate of drug-likeness (QED) is 0.710. The van der Waals surface area contributed by atoms with Gasteiger partial charge in [-0.05, 0) is 42.3 Å². The fourth-order valence-electron chi connectivity index (χ4n) is 3.13. The number of sulfonamides is 1. The lowest BCUT2D eigenvalue weighted by Gasteiger charge is -2.26. The molecule has 2 aromatic rings. The lowest BCUT2D eigenvalue weighted by atomic mass is 10.1. The minimum Gasteiger partial charge on any atom is -0.494 e. The van der Waals surface area contributed by atoms with Gasteiger partial charge in [0.05, 0.1) is 25.6 Å². The van der Waals surface area contributed by atoms with Crippen molar-refractivity contribution in [3.63, 3.8) is 0 Å². The monoisotopic (exact) mass is 418 g/mol. The van der Waals surface area contributed by atoms with E-state index in [0.29, 0.717) is 49.8 Å². The maximum atomic E-state index is 12.7. The van der Waals surface area contributed by atoms with Crippen LogP contribution in [-0.2, 0) is 27.1 Å². The van der Waals surface area contributed by atoms with Gasteiger partial charge in [-0.3, -0.25) is 4.79 Å². The molecule has 0 atom stereocenters. The van der Waals surface area contributed by atoms with Crippen LogP contribution in [0.1, 0.15) is 28.4 Å². The van der Waals surface area contributed by atoms with Crippen molar-refractivity contribution < 1.29 is 22.7 Å². The van der Waals surface area contributed by atoms with Gasteiger partial charge in [0.2, 0.25) is 10.0 Å². The smallest absolute Gasteiger partial charge is 0.251 e. The summed E-state index contributed by atoms with van der Waals surface area (Å²) in [5.41, 5.74) is 1.99. The van der Waals surface area contributed by atoms with Gasteiger partial charge in [0.25, 0.3) is 5.91 Å². The van der Waals surface area contributed by atoms with Gasteiger partial charge in [-0.2, -0.15) is 4.31 Å². The molecule has 0 spiro atoms. The minimum atomic E-state index is -3.43. The molecule has 3 rings (SSSR count). The summed E-state index contributed by atoms with van der Waals surface area (Å²) in [6.07, 6.45) is 0. The maximum Gasteiger partial charge on any atom is 0.251 e. The molecule has 2 aromatic carbocycles. The summed E-state index contributed by atoms with van der Waals surface area (Å²) in [7, 11) is -3.43. The van der Waals surface area contributed by atoms with Gasteiger partial charge >= 0.3 is 0 Å². The molecule has 1 saturated heterocycles. The number of hydrogen-bond donors (Lipinski definition) is 1. The number of benzene rings is 2. The first-order valence-electron chi connectivity index (χ1n) is 9.63. The summed E-state index contributed by atoms with van der Waals surface area (Å²) in [6, 6.07) is 14.2. The average Bonchev–Trinajstić information content (AvgIpc) is 2.74. The molecular formula is C21H26N2O5S. The van der Waals surface area contributed by atoms with Crippen LogP contribution in [-0.4, -0.2) is 51.5 Å². The largest absolute Gasteiger partial charge is 0.494 e. The zero-order valence-electron chi connectivity index (χ0n) is 16.5. The van der Waals surface area contributed by atoms with Gasteiger partial charge < -0.3 is 14.8 Å². The van der Waals surface area contributed by atoms with E-state index >= 15 is 0 Å². The third-order valence-corrected chi connectivity index (χ3v) is 6.51. The zero-order valence-corrected chi connectivity index (χ0v) is 17.3. The van der Waals surface area contributed by atoms with Crippen molar-refractivity contribution in [1.82, 2.24) is 9.62 Å². The first-order valence-corrected chi connectivity index (χ1v) is 11.2. The van der Waals surface area contributed by atoms with E-state index in [1.807, 2.05) is 25.1 Å². The molecule has 0 unspecified atom stereocenters. The minimum absolute atomic E-state index is 0.0951. The Balaban J connectivity index is 1.65. The molecule has 1 fully saturated rings. The van der Waals surface area contributed by atoms with E-state index in [4.69, 9.17) is 9.47 Å². The predicted molar refractivity (Wildman–Crippen MR) is 110 cm³/mol. The zero-order chi connectivity index (χ0) is 20.7. The van der Waals surface area contributed by atoms with Crippen molar-refractivity contribution in [3.05, 3.63) is 65.2 Å². The third kappa shape index (κ3) is 5.79. The number of morpholine rings is 1. The molecule has 29 heavy (non-hydrogen) atoms. The van der Waals surface area contributed by atoms with Crippen molar-refractivity contribution in [2.45, 2.75) is 19.2 Å². The second-order valence-electron chi connectivity index (χ2n) is 6.68. The van der Waals surface area contributed by atoms with Gasteiger partial charge in [-0.25, -0.2) is 8.42 Å². The van der Waals surface area contributed by atoms with Gasteiger partial charge in [0.15, 0.2) is 0 Å². The highest BCUT2D eigenvalue weighted by molar-refractivity contribution is 7.88. The standard InChI is InChI=1S/C21H26N2O5S/c1-2-28-20-9-7-17(8-10-20)21(24)22-15-18-5-3-4-6-19(18)16-29(25,26)23-11-13-27-14-12-23/h3-10H,2,11-16H2,1H3,(H,22,24). The van der Waals surface area contributed by atoms with Gasteiger partial charge in [0.1, 0.15) is 5.75 Å². The highest BCUT2D eigenvalue weighted by atomic mass is 32.2. The molecule has 156 valence electrons. The summed E-state index contributed by atoms with van der Waals surface area (Å²) in [5, 5.41) is 2.86. The predicted octanol–water partition coefficient (Wildman–Crippen LogP) is 2.18. The normalized spacial score (nSPS) is 15.1. The number of carbonyl (C=O) groups excluding carboxylic acids is 1. The van der Waals surface area contributed by atoms with E-state index in [1.165, 1.54) is 4.31 Å². The van der Waals surface area contributed by atoms with E-state index in [-0.39, 0.29) is 18.2 Å². The van der Waals surface area contributed by atoms with E-state index in [0.717, 1.165) is 5.56 Å². The average molecular weight is 419 g/mol.